The van der Waals surface area contributed by atoms with Gasteiger partial charge in [0.25, 0.3) is 0 Å². The van der Waals surface area contributed by atoms with E-state index < -0.39 is 6.17 Å². The van der Waals surface area contributed by atoms with Gasteiger partial charge in [0, 0.05) is 33.4 Å². The average molecular weight is 822 g/mol. The quantitative estimate of drug-likeness (QED) is 0.174. The van der Waals surface area contributed by atoms with Gasteiger partial charge in [-0.05, 0) is 117 Å². The molecule has 0 spiro atoms. The molecule has 12 rings (SSSR count). The van der Waals surface area contributed by atoms with Crippen LogP contribution in [-0.2, 0) is 6.42 Å². The largest absolute Gasteiger partial charge is 0.456 e. The van der Waals surface area contributed by atoms with Crippen LogP contribution >= 0.6 is 0 Å². The Hall–Kier alpha value is -8.08. The first-order valence-electron chi connectivity index (χ1n) is 22.2. The third-order valence-corrected chi connectivity index (χ3v) is 13.0. The highest BCUT2D eigenvalue weighted by molar-refractivity contribution is 6.17. The smallest absolute Gasteiger partial charge is 0.170 e. The summed E-state index contributed by atoms with van der Waals surface area (Å²) in [5.41, 5.74) is 18.3. The number of aryl methyl sites for hydroxylation is 1. The van der Waals surface area contributed by atoms with Crippen LogP contribution in [0.2, 0.25) is 0 Å². The van der Waals surface area contributed by atoms with Gasteiger partial charge < -0.3 is 9.73 Å². The van der Waals surface area contributed by atoms with Crippen molar-refractivity contribution in [2.45, 2.75) is 24.9 Å². The van der Waals surface area contributed by atoms with Crippen molar-refractivity contribution < 1.29 is 4.42 Å². The van der Waals surface area contributed by atoms with Gasteiger partial charge in [-0.1, -0.05) is 176 Å². The fraction of sp³-hybridized carbons (Fsp3) is 0.0667. The van der Waals surface area contributed by atoms with Crippen molar-refractivity contribution in [3.8, 4) is 44.5 Å². The van der Waals surface area contributed by atoms with E-state index in [0.717, 1.165) is 91.0 Å². The van der Waals surface area contributed by atoms with Gasteiger partial charge in [0.1, 0.15) is 22.8 Å². The average Bonchev–Trinajstić information content (AvgIpc) is 3.67. The lowest BCUT2D eigenvalue weighted by atomic mass is 9.84. The van der Waals surface area contributed by atoms with Crippen molar-refractivity contribution in [2.24, 2.45) is 9.98 Å². The molecule has 2 heterocycles. The van der Waals surface area contributed by atoms with E-state index in [2.05, 4.69) is 218 Å². The maximum atomic E-state index is 6.63. The number of amidine groups is 2. The van der Waals surface area contributed by atoms with Gasteiger partial charge in [-0.2, -0.15) is 0 Å². The zero-order valence-electron chi connectivity index (χ0n) is 35.2. The Bertz CT molecular complexity index is 3350. The SMILES string of the molecule is c1ccc(C2=NC(c3cccc4oc5ccc(-c6ccc7c(c6)-c6ccccc6CCC7c6ccccc6)cc5c34)N=C(c3cc(-c4ccccc4)cc(-c4ccccc4)c3)N2)cc1. The molecule has 0 amide bonds. The van der Waals surface area contributed by atoms with Crippen molar-refractivity contribution in [3.05, 3.63) is 252 Å². The lowest BCUT2D eigenvalue weighted by molar-refractivity contribution is 0.667. The summed E-state index contributed by atoms with van der Waals surface area (Å²) >= 11 is 0. The molecule has 0 fully saturated rings. The minimum Gasteiger partial charge on any atom is -0.456 e. The van der Waals surface area contributed by atoms with Gasteiger partial charge in [0.05, 0.1) is 0 Å². The topological polar surface area (TPSA) is 49.9 Å². The van der Waals surface area contributed by atoms with Gasteiger partial charge in [-0.3, -0.25) is 0 Å². The molecule has 4 heteroatoms. The molecule has 0 saturated carbocycles. The van der Waals surface area contributed by atoms with Gasteiger partial charge in [0.2, 0.25) is 0 Å². The van der Waals surface area contributed by atoms with E-state index >= 15 is 0 Å². The summed E-state index contributed by atoms with van der Waals surface area (Å²) < 4.78 is 6.63. The van der Waals surface area contributed by atoms with Crippen molar-refractivity contribution in [2.75, 3.05) is 0 Å². The third kappa shape index (κ3) is 6.90. The highest BCUT2D eigenvalue weighted by atomic mass is 16.3. The number of nitrogens with one attached hydrogen (secondary N) is 1. The fourth-order valence-electron chi connectivity index (χ4n) is 9.85. The summed E-state index contributed by atoms with van der Waals surface area (Å²) in [4.78, 5) is 10.8. The first-order valence-corrected chi connectivity index (χ1v) is 22.2. The van der Waals surface area contributed by atoms with Crippen molar-refractivity contribution in [3.63, 3.8) is 0 Å². The van der Waals surface area contributed by atoms with Crippen LogP contribution < -0.4 is 5.32 Å². The molecule has 1 aliphatic heterocycles. The second-order valence-corrected chi connectivity index (χ2v) is 16.8. The van der Waals surface area contributed by atoms with Crippen LogP contribution in [0.5, 0.6) is 0 Å². The minimum absolute atomic E-state index is 0.322. The molecule has 0 bridgehead atoms. The van der Waals surface area contributed by atoms with Crippen LogP contribution in [0.25, 0.3) is 66.4 Å². The molecule has 0 radical (unpaired) electrons. The molecule has 1 aromatic heterocycles. The predicted molar refractivity (Wildman–Crippen MR) is 264 cm³/mol. The first-order chi connectivity index (χ1) is 31.7. The molecule has 64 heavy (non-hydrogen) atoms. The normalized spacial score (nSPS) is 15.7. The minimum atomic E-state index is -0.543. The van der Waals surface area contributed by atoms with Crippen LogP contribution in [0.3, 0.4) is 0 Å². The van der Waals surface area contributed by atoms with E-state index in [9.17, 15) is 0 Å². The molecule has 1 aliphatic carbocycles. The van der Waals surface area contributed by atoms with Gasteiger partial charge in [-0.15, -0.1) is 0 Å². The molecule has 2 atom stereocenters. The van der Waals surface area contributed by atoms with E-state index in [1.54, 1.807) is 0 Å². The van der Waals surface area contributed by atoms with Crippen LogP contribution in [0.15, 0.2) is 233 Å². The van der Waals surface area contributed by atoms with Crippen molar-refractivity contribution >= 4 is 33.6 Å². The first kappa shape index (κ1) is 37.7. The maximum absolute atomic E-state index is 6.63. The molecule has 9 aromatic carbocycles. The molecule has 2 unspecified atom stereocenters. The highest BCUT2D eigenvalue weighted by Gasteiger charge is 2.27. The van der Waals surface area contributed by atoms with Gasteiger partial charge in [0.15, 0.2) is 6.17 Å². The third-order valence-electron chi connectivity index (χ3n) is 13.0. The highest BCUT2D eigenvalue weighted by Crippen LogP contribution is 2.44. The van der Waals surface area contributed by atoms with Crippen LogP contribution in [-0.4, -0.2) is 11.7 Å². The van der Waals surface area contributed by atoms with Crippen LogP contribution in [0.4, 0.5) is 0 Å². The van der Waals surface area contributed by atoms with Gasteiger partial charge >= 0.3 is 0 Å². The van der Waals surface area contributed by atoms with Crippen molar-refractivity contribution in [1.82, 2.24) is 5.32 Å². The summed E-state index contributed by atoms with van der Waals surface area (Å²) in [6, 6.07) is 78.1. The molecule has 4 nitrogen and oxygen atoms in total. The number of rotatable bonds is 7. The van der Waals surface area contributed by atoms with E-state index in [-0.39, 0.29) is 0 Å². The molecule has 1 N–H and O–H groups in total. The zero-order valence-corrected chi connectivity index (χ0v) is 35.2. The number of fused-ring (bicyclic) bond motifs is 6. The maximum Gasteiger partial charge on any atom is 0.170 e. The van der Waals surface area contributed by atoms with E-state index in [1.807, 2.05) is 6.07 Å². The fourth-order valence-corrected chi connectivity index (χ4v) is 9.85. The molecular weight excluding hydrogens is 779 g/mol. The summed E-state index contributed by atoms with van der Waals surface area (Å²) in [5.74, 6) is 1.85. The molecule has 304 valence electrons. The number of hydrogen-bond donors (Lipinski definition) is 1. The zero-order chi connectivity index (χ0) is 42.4. The predicted octanol–water partition coefficient (Wildman–Crippen LogP) is 14.8. The molecular formula is C60H43N3O. The lowest BCUT2D eigenvalue weighted by Gasteiger charge is -2.23. The Morgan fingerprint density at radius 2 is 1.00 bits per heavy atom. The monoisotopic (exact) mass is 821 g/mol. The van der Waals surface area contributed by atoms with E-state index in [1.165, 1.54) is 33.4 Å². The van der Waals surface area contributed by atoms with E-state index in [0.29, 0.717) is 5.92 Å². The number of benzene rings is 9. The number of nitrogens with zero attached hydrogens (tertiary/aromatic N) is 2. The Balaban J connectivity index is 1.01. The summed E-state index contributed by atoms with van der Waals surface area (Å²) in [6.07, 6.45) is 1.57. The standard InChI is InChI=1S/C60H43N3O/c1-5-16-39(17-6-1)46-34-47(40-18-7-2-8-19-40)36-48(35-46)59-61-58(43-23-11-4-12-24-43)62-60(63-59)52-26-15-27-56-57(52)54-38-45(30-33-55(54)64-56)44-29-32-51-50(41-20-9-3-10-21-41)31-28-42-22-13-14-25-49(42)53(51)37-44/h1-27,29-30,32-38,50,60H,28,31H2,(H,61,62,63). The number of hydrogen-bond acceptors (Lipinski definition) is 4. The Kier molecular flexibility index (Phi) is 9.41. The second-order valence-electron chi connectivity index (χ2n) is 16.8. The Morgan fingerprint density at radius 1 is 0.406 bits per heavy atom. The Morgan fingerprint density at radius 3 is 1.72 bits per heavy atom. The number of aliphatic imine (C=N–C) groups is 2. The summed E-state index contributed by atoms with van der Waals surface area (Å²) in [6.45, 7) is 0. The van der Waals surface area contributed by atoms with Crippen LogP contribution in [0.1, 0.15) is 51.9 Å². The van der Waals surface area contributed by atoms with E-state index in [4.69, 9.17) is 14.4 Å². The number of furan rings is 1. The molecule has 2 aliphatic rings. The summed E-state index contributed by atoms with van der Waals surface area (Å²) in [5, 5.41) is 5.75. The van der Waals surface area contributed by atoms with Crippen LogP contribution in [0, 0.1) is 0 Å². The van der Waals surface area contributed by atoms with Gasteiger partial charge in [-0.25, -0.2) is 9.98 Å². The lowest BCUT2D eigenvalue weighted by Crippen LogP contribution is -2.36. The summed E-state index contributed by atoms with van der Waals surface area (Å²) in [7, 11) is 0. The molecule has 0 saturated heterocycles. The van der Waals surface area contributed by atoms with Crippen molar-refractivity contribution in [1.29, 1.82) is 0 Å². The molecule has 10 aromatic rings. The Labute approximate surface area is 373 Å². The second kappa shape index (κ2) is 16.0.